The number of rotatable bonds is 3. The van der Waals surface area contributed by atoms with Crippen LogP contribution >= 0.6 is 22.9 Å². The highest BCUT2D eigenvalue weighted by molar-refractivity contribution is 7.28. The first-order valence-corrected chi connectivity index (χ1v) is 8.10. The Kier molecular flexibility index (Phi) is 4.20. The molecule has 3 rings (SSSR count). The van der Waals surface area contributed by atoms with Gasteiger partial charge in [0.1, 0.15) is 11.9 Å². The minimum Gasteiger partial charge on any atom is -0.353 e. The molecule has 0 aliphatic carbocycles. The van der Waals surface area contributed by atoms with Gasteiger partial charge in [0.05, 0.1) is 25.9 Å². The smallest absolute Gasteiger partial charge is 0.207 e. The molecule has 8 heteroatoms. The third kappa shape index (κ3) is 3.00. The van der Waals surface area contributed by atoms with Crippen molar-refractivity contribution in [2.75, 3.05) is 5.32 Å². The van der Waals surface area contributed by atoms with Crippen LogP contribution in [0, 0.1) is 17.1 Å². The lowest BCUT2D eigenvalue weighted by atomic mass is 9.56. The number of hydrogen-bond donors (Lipinski definition) is 1. The van der Waals surface area contributed by atoms with Crippen molar-refractivity contribution in [2.45, 2.75) is 13.6 Å². The van der Waals surface area contributed by atoms with Crippen LogP contribution in [0.2, 0.25) is 18.7 Å². The normalized spacial score (nSPS) is 10.6. The topological polar surface area (TPSA) is 61.6 Å². The first-order valence-electron chi connectivity index (χ1n) is 6.91. The maximum Gasteiger partial charge on any atom is 0.207 e. The van der Waals surface area contributed by atoms with E-state index in [-0.39, 0.29) is 11.7 Å². The number of nitriles is 1. The van der Waals surface area contributed by atoms with E-state index in [1.54, 1.807) is 6.07 Å². The van der Waals surface area contributed by atoms with Gasteiger partial charge in [-0.2, -0.15) is 5.26 Å². The average molecular weight is 345 g/mol. The summed E-state index contributed by atoms with van der Waals surface area (Å²) in [7, 11) is 0. The van der Waals surface area contributed by atoms with Crippen LogP contribution in [0.5, 0.6) is 0 Å². The fourth-order valence-corrected chi connectivity index (χ4v) is 3.28. The van der Waals surface area contributed by atoms with E-state index in [0.717, 1.165) is 9.61 Å². The van der Waals surface area contributed by atoms with E-state index in [4.69, 9.17) is 11.6 Å². The molecule has 3 aromatic rings. The number of halogens is 2. The molecule has 0 fully saturated rings. The van der Waals surface area contributed by atoms with E-state index in [1.165, 1.54) is 29.7 Å². The first kappa shape index (κ1) is 15.7. The summed E-state index contributed by atoms with van der Waals surface area (Å²) in [5.74, 6) is -0.488. The molecule has 2 heterocycles. The van der Waals surface area contributed by atoms with Crippen molar-refractivity contribution in [2.24, 2.45) is 0 Å². The van der Waals surface area contributed by atoms with Crippen molar-refractivity contribution in [1.82, 2.24) is 9.97 Å². The zero-order valence-electron chi connectivity index (χ0n) is 12.4. The molecule has 0 atom stereocenters. The molecule has 114 valence electrons. The summed E-state index contributed by atoms with van der Waals surface area (Å²) in [6, 6.07) is 6.45. The van der Waals surface area contributed by atoms with Crippen LogP contribution in [0.25, 0.3) is 10.3 Å². The van der Waals surface area contributed by atoms with Crippen LogP contribution in [0.4, 0.5) is 15.8 Å². The zero-order valence-corrected chi connectivity index (χ0v) is 14.0. The second-order valence-corrected chi connectivity index (χ2v) is 6.71. The predicted octanol–water partition coefficient (Wildman–Crippen LogP) is 4.06. The number of anilines is 2. The molecule has 0 aliphatic heterocycles. The quantitative estimate of drug-likeness (QED) is 0.728. The van der Waals surface area contributed by atoms with Crippen molar-refractivity contribution in [1.29, 1.82) is 5.26 Å². The molecule has 0 saturated carbocycles. The van der Waals surface area contributed by atoms with Gasteiger partial charge in [0, 0.05) is 11.9 Å². The van der Waals surface area contributed by atoms with Crippen molar-refractivity contribution in [3.05, 3.63) is 40.8 Å². The van der Waals surface area contributed by atoms with Crippen LogP contribution in [0.15, 0.2) is 24.4 Å². The van der Waals surface area contributed by atoms with E-state index in [2.05, 4.69) is 35.0 Å². The molecule has 0 radical (unpaired) electrons. The minimum absolute atomic E-state index is 0.0194. The molecule has 0 saturated heterocycles. The SMILES string of the molecule is CB(C)c1nc2ncc(C#N)c(Nc3ccc(F)c(Cl)c3)c2s1. The Labute approximate surface area is 142 Å². The maximum absolute atomic E-state index is 13.3. The van der Waals surface area contributed by atoms with E-state index in [0.29, 0.717) is 22.6 Å². The Hall–Kier alpha value is -2.17. The lowest BCUT2D eigenvalue weighted by Crippen LogP contribution is -2.21. The number of nitrogens with one attached hydrogen (secondary N) is 1. The minimum atomic E-state index is -0.488. The maximum atomic E-state index is 13.3. The van der Waals surface area contributed by atoms with Crippen molar-refractivity contribution < 1.29 is 4.39 Å². The average Bonchev–Trinajstić information content (AvgIpc) is 2.96. The highest BCUT2D eigenvalue weighted by atomic mass is 35.5. The monoisotopic (exact) mass is 344 g/mol. The molecule has 0 unspecified atom stereocenters. The van der Waals surface area contributed by atoms with E-state index in [1.807, 2.05) is 0 Å². The van der Waals surface area contributed by atoms with Gasteiger partial charge in [0.2, 0.25) is 6.71 Å². The van der Waals surface area contributed by atoms with Crippen molar-refractivity contribution in [3.63, 3.8) is 0 Å². The summed E-state index contributed by atoms with van der Waals surface area (Å²) in [5, 5.41) is 12.5. The third-order valence-electron chi connectivity index (χ3n) is 3.24. The Morgan fingerprint density at radius 1 is 1.39 bits per heavy atom. The lowest BCUT2D eigenvalue weighted by Gasteiger charge is -2.09. The second kappa shape index (κ2) is 6.15. The molecule has 0 bridgehead atoms. The van der Waals surface area contributed by atoms with Gasteiger partial charge in [0.15, 0.2) is 5.65 Å². The van der Waals surface area contributed by atoms with Gasteiger partial charge < -0.3 is 5.32 Å². The van der Waals surface area contributed by atoms with E-state index in [9.17, 15) is 9.65 Å². The fraction of sp³-hybridized carbons (Fsp3) is 0.133. The summed E-state index contributed by atoms with van der Waals surface area (Å²) in [4.78, 5) is 9.68. The van der Waals surface area contributed by atoms with Gasteiger partial charge in [-0.1, -0.05) is 25.2 Å². The van der Waals surface area contributed by atoms with Crippen LogP contribution in [-0.2, 0) is 0 Å². The summed E-state index contributed by atoms with van der Waals surface area (Å²) in [5.41, 5.74) is 2.20. The summed E-state index contributed by atoms with van der Waals surface area (Å²) < 4.78 is 14.1. The molecule has 1 N–H and O–H groups in total. The number of hydrogen-bond acceptors (Lipinski definition) is 5. The number of nitrogens with zero attached hydrogens (tertiary/aromatic N) is 3. The third-order valence-corrected chi connectivity index (χ3v) is 4.89. The van der Waals surface area contributed by atoms with Crippen molar-refractivity contribution >= 4 is 56.3 Å². The Balaban J connectivity index is 2.13. The first-order chi connectivity index (χ1) is 11.0. The van der Waals surface area contributed by atoms with Gasteiger partial charge in [-0.3, -0.25) is 0 Å². The zero-order chi connectivity index (χ0) is 16.6. The molecule has 0 aliphatic rings. The predicted molar refractivity (Wildman–Crippen MR) is 93.9 cm³/mol. The highest BCUT2D eigenvalue weighted by Crippen LogP contribution is 2.31. The molecular weight excluding hydrogens is 334 g/mol. The Morgan fingerprint density at radius 2 is 2.17 bits per heavy atom. The summed E-state index contributed by atoms with van der Waals surface area (Å²) in [6.45, 7) is 4.37. The van der Waals surface area contributed by atoms with E-state index < -0.39 is 5.82 Å². The molecule has 23 heavy (non-hydrogen) atoms. The number of thiazole rings is 1. The largest absolute Gasteiger partial charge is 0.353 e. The standard InChI is InChI=1S/C15H11BClFN4S/c1-16(2)15-22-14-13(23-15)12(8(6-19)7-20-14)21-9-3-4-11(18)10(17)5-9/h3-5,7H,1-2H3,(H,20,21). The molecule has 0 amide bonds. The van der Waals surface area contributed by atoms with Crippen molar-refractivity contribution in [3.8, 4) is 6.07 Å². The second-order valence-electron chi connectivity index (χ2n) is 5.27. The van der Waals surface area contributed by atoms with Gasteiger partial charge in [-0.25, -0.2) is 14.4 Å². The molecule has 2 aromatic heterocycles. The Bertz CT molecular complexity index is 935. The van der Waals surface area contributed by atoms with Gasteiger partial charge in [-0.05, 0) is 18.2 Å². The summed E-state index contributed by atoms with van der Waals surface area (Å²) in [6.07, 6.45) is 1.49. The summed E-state index contributed by atoms with van der Waals surface area (Å²) >= 11 is 7.31. The molecule has 4 nitrogen and oxygen atoms in total. The molecular formula is C15H11BClFN4S. The fourth-order valence-electron chi connectivity index (χ4n) is 2.07. The lowest BCUT2D eigenvalue weighted by molar-refractivity contribution is 0.628. The highest BCUT2D eigenvalue weighted by Gasteiger charge is 2.17. The van der Waals surface area contributed by atoms with Gasteiger partial charge >= 0.3 is 0 Å². The van der Waals surface area contributed by atoms with Crippen LogP contribution < -0.4 is 10.2 Å². The number of pyridine rings is 1. The van der Waals surface area contributed by atoms with Crippen LogP contribution in [-0.4, -0.2) is 16.7 Å². The van der Waals surface area contributed by atoms with Gasteiger partial charge in [0.25, 0.3) is 0 Å². The number of fused-ring (bicyclic) bond motifs is 1. The van der Waals surface area contributed by atoms with Crippen LogP contribution in [0.3, 0.4) is 0 Å². The molecule has 1 aromatic carbocycles. The van der Waals surface area contributed by atoms with E-state index >= 15 is 0 Å². The number of benzene rings is 1. The Morgan fingerprint density at radius 3 is 2.83 bits per heavy atom. The number of aromatic nitrogens is 2. The molecule has 0 spiro atoms. The van der Waals surface area contributed by atoms with Gasteiger partial charge in [-0.15, -0.1) is 11.3 Å². The van der Waals surface area contributed by atoms with Crippen LogP contribution in [0.1, 0.15) is 5.56 Å².